The van der Waals surface area contributed by atoms with E-state index < -0.39 is 29.6 Å². The molecule has 4 aromatic rings. The van der Waals surface area contributed by atoms with Crippen LogP contribution in [0.5, 0.6) is 11.5 Å². The number of ether oxygens (including phenoxy) is 2. The monoisotopic (exact) mass is 529 g/mol. The molecule has 1 saturated heterocycles. The third-order valence-electron chi connectivity index (χ3n) is 8.58. The largest absolute Gasteiger partial charge is 0.497 e. The van der Waals surface area contributed by atoms with E-state index in [1.165, 1.54) is 4.90 Å². The predicted octanol–water partition coefficient (Wildman–Crippen LogP) is 5.99. The van der Waals surface area contributed by atoms with Crippen LogP contribution in [0.1, 0.15) is 28.2 Å². The van der Waals surface area contributed by atoms with Crippen molar-refractivity contribution in [3.05, 3.63) is 107 Å². The molecule has 198 valence electrons. The van der Waals surface area contributed by atoms with Gasteiger partial charge in [0.1, 0.15) is 11.5 Å². The maximum atomic E-state index is 14.2. The van der Waals surface area contributed by atoms with Crippen LogP contribution in [0.2, 0.25) is 0 Å². The van der Waals surface area contributed by atoms with Crippen molar-refractivity contribution in [2.45, 2.75) is 19.8 Å². The number of nitrogens with zero attached hydrogens (tertiary/aromatic N) is 1. The van der Waals surface area contributed by atoms with Gasteiger partial charge in [0.2, 0.25) is 11.8 Å². The maximum Gasteiger partial charge on any atom is 0.319 e. The second-order valence-electron chi connectivity index (χ2n) is 10.8. The lowest BCUT2D eigenvalue weighted by Gasteiger charge is -2.38. The Morgan fingerprint density at radius 2 is 1.57 bits per heavy atom. The number of carbonyl (C=O) groups is 3. The Hall–Kier alpha value is -4.71. The van der Waals surface area contributed by atoms with Crippen molar-refractivity contribution in [2.75, 3.05) is 12.0 Å². The van der Waals surface area contributed by atoms with Crippen LogP contribution >= 0.6 is 0 Å². The summed E-state index contributed by atoms with van der Waals surface area (Å²) in [5, 5.41) is 1.79. The van der Waals surface area contributed by atoms with Crippen molar-refractivity contribution in [3.63, 3.8) is 0 Å². The number of anilines is 1. The highest BCUT2D eigenvalue weighted by atomic mass is 16.5. The quantitative estimate of drug-likeness (QED) is 0.185. The number of methoxy groups -OCH3 is 1. The molecule has 2 amide bonds. The second kappa shape index (κ2) is 8.91. The van der Waals surface area contributed by atoms with Crippen molar-refractivity contribution >= 4 is 39.8 Å². The zero-order valence-corrected chi connectivity index (χ0v) is 22.4. The van der Waals surface area contributed by atoms with Gasteiger partial charge in [-0.3, -0.25) is 14.4 Å². The minimum absolute atomic E-state index is 0.296. The van der Waals surface area contributed by atoms with E-state index in [0.29, 0.717) is 17.2 Å². The van der Waals surface area contributed by atoms with Crippen LogP contribution in [0.15, 0.2) is 84.9 Å². The van der Waals surface area contributed by atoms with Crippen LogP contribution < -0.4 is 14.4 Å². The first-order valence-electron chi connectivity index (χ1n) is 13.4. The van der Waals surface area contributed by atoms with Crippen LogP contribution in [0.25, 0.3) is 16.3 Å². The Morgan fingerprint density at radius 3 is 2.33 bits per heavy atom. The summed E-state index contributed by atoms with van der Waals surface area (Å²) in [5.41, 5.74) is 4.83. The SMILES string of the molecule is COc1ccc([C@@H]2C=C3c4ccc5ccccc5c4OC(=O)[C@@H]3[C@H]3C(=O)N(c4ccc(C)cc4C)C(=O)[C@H]32)cc1. The van der Waals surface area contributed by atoms with Crippen molar-refractivity contribution in [3.8, 4) is 11.5 Å². The highest BCUT2D eigenvalue weighted by Crippen LogP contribution is 2.55. The van der Waals surface area contributed by atoms with Crippen LogP contribution in [0.3, 0.4) is 0 Å². The molecule has 0 N–H and O–H groups in total. The number of rotatable bonds is 3. The molecular formula is C34H27NO5. The highest BCUT2D eigenvalue weighted by Gasteiger charge is 2.60. The fourth-order valence-corrected chi connectivity index (χ4v) is 6.73. The molecule has 4 atom stereocenters. The molecule has 2 heterocycles. The summed E-state index contributed by atoms with van der Waals surface area (Å²) >= 11 is 0. The molecule has 4 aromatic carbocycles. The van der Waals surface area contributed by atoms with Crippen molar-refractivity contribution in [2.24, 2.45) is 17.8 Å². The van der Waals surface area contributed by atoms with Gasteiger partial charge in [-0.15, -0.1) is 0 Å². The molecule has 40 heavy (non-hydrogen) atoms. The number of aryl methyl sites for hydroxylation is 2. The zero-order valence-electron chi connectivity index (χ0n) is 22.4. The first-order chi connectivity index (χ1) is 19.4. The third-order valence-corrected chi connectivity index (χ3v) is 8.58. The number of hydrogen-bond acceptors (Lipinski definition) is 5. The highest BCUT2D eigenvalue weighted by molar-refractivity contribution is 6.25. The van der Waals surface area contributed by atoms with Crippen LogP contribution in [0.4, 0.5) is 5.69 Å². The summed E-state index contributed by atoms with van der Waals surface area (Å²) in [6, 6.07) is 25.0. The lowest BCUT2D eigenvalue weighted by Crippen LogP contribution is -2.42. The maximum absolute atomic E-state index is 14.2. The number of hydrogen-bond donors (Lipinski definition) is 0. The molecule has 0 spiro atoms. The van der Waals surface area contributed by atoms with Gasteiger partial charge >= 0.3 is 5.97 Å². The van der Waals surface area contributed by atoms with Gasteiger partial charge in [0.25, 0.3) is 0 Å². The van der Waals surface area contributed by atoms with Gasteiger partial charge in [0.15, 0.2) is 0 Å². The first kappa shape index (κ1) is 24.3. The van der Waals surface area contributed by atoms with E-state index in [9.17, 15) is 14.4 Å². The van der Waals surface area contributed by atoms with E-state index in [2.05, 4.69) is 0 Å². The molecule has 0 saturated carbocycles. The number of benzene rings is 4. The summed E-state index contributed by atoms with van der Waals surface area (Å²) in [7, 11) is 1.61. The molecule has 0 aromatic heterocycles. The van der Waals surface area contributed by atoms with Gasteiger partial charge in [-0.05, 0) is 54.1 Å². The number of allylic oxidation sites excluding steroid dienone is 1. The molecular weight excluding hydrogens is 502 g/mol. The summed E-state index contributed by atoms with van der Waals surface area (Å²) in [6.07, 6.45) is 2.01. The van der Waals surface area contributed by atoms with Gasteiger partial charge in [0, 0.05) is 16.9 Å². The number of imide groups is 1. The molecule has 0 bridgehead atoms. The normalized spacial score (nSPS) is 23.3. The molecule has 0 unspecified atom stereocenters. The fourth-order valence-electron chi connectivity index (χ4n) is 6.73. The summed E-state index contributed by atoms with van der Waals surface area (Å²) in [4.78, 5) is 43.5. The topological polar surface area (TPSA) is 72.9 Å². The molecule has 7 rings (SSSR count). The van der Waals surface area contributed by atoms with Crippen molar-refractivity contribution < 1.29 is 23.9 Å². The van der Waals surface area contributed by atoms with E-state index in [0.717, 1.165) is 38.6 Å². The fraction of sp³-hybridized carbons (Fsp3) is 0.206. The van der Waals surface area contributed by atoms with E-state index in [1.54, 1.807) is 7.11 Å². The molecule has 0 radical (unpaired) electrons. The molecule has 3 aliphatic rings. The Balaban J connectivity index is 1.44. The number of carbonyl (C=O) groups excluding carboxylic acids is 3. The average Bonchev–Trinajstić information content (AvgIpc) is 3.22. The van der Waals surface area contributed by atoms with Crippen LogP contribution in [-0.4, -0.2) is 24.9 Å². The van der Waals surface area contributed by atoms with E-state index in [1.807, 2.05) is 98.8 Å². The van der Waals surface area contributed by atoms with Gasteiger partial charge in [-0.2, -0.15) is 0 Å². The smallest absolute Gasteiger partial charge is 0.319 e. The van der Waals surface area contributed by atoms with E-state index >= 15 is 0 Å². The van der Waals surface area contributed by atoms with E-state index in [4.69, 9.17) is 9.47 Å². The molecule has 6 heteroatoms. The number of fused-ring (bicyclic) bond motifs is 7. The number of esters is 1. The second-order valence-corrected chi connectivity index (χ2v) is 10.8. The van der Waals surface area contributed by atoms with Gasteiger partial charge < -0.3 is 9.47 Å². The molecule has 1 aliphatic carbocycles. The minimum Gasteiger partial charge on any atom is -0.497 e. The van der Waals surface area contributed by atoms with Gasteiger partial charge in [-0.25, -0.2) is 4.90 Å². The predicted molar refractivity (Wildman–Crippen MR) is 152 cm³/mol. The Kier molecular flexibility index (Phi) is 5.42. The van der Waals surface area contributed by atoms with Crippen LogP contribution in [0, 0.1) is 31.6 Å². The standard InChI is InChI=1S/C34H27NO5/c1-18-8-15-27(19(2)16-18)35-32(36)28-25(21-9-12-22(39-3)13-10-21)17-26-24-14-11-20-6-4-5-7-23(20)31(24)40-34(38)29(26)30(28)33(35)37/h4-17,25,28-30H,1-3H3/t25-,28-,29-,30-/m0/s1. The molecule has 6 nitrogen and oxygen atoms in total. The Bertz CT molecular complexity index is 1770. The third kappa shape index (κ3) is 3.45. The van der Waals surface area contributed by atoms with Gasteiger partial charge in [0.05, 0.1) is 30.6 Å². The number of amides is 2. The summed E-state index contributed by atoms with van der Waals surface area (Å²) < 4.78 is 11.3. The van der Waals surface area contributed by atoms with Gasteiger partial charge in [-0.1, -0.05) is 72.3 Å². The zero-order chi connectivity index (χ0) is 27.7. The lowest BCUT2D eigenvalue weighted by atomic mass is 9.64. The van der Waals surface area contributed by atoms with E-state index in [-0.39, 0.29) is 11.8 Å². The van der Waals surface area contributed by atoms with Crippen molar-refractivity contribution in [1.29, 1.82) is 0 Å². The molecule has 1 fully saturated rings. The van der Waals surface area contributed by atoms with Crippen molar-refractivity contribution in [1.82, 2.24) is 0 Å². The Morgan fingerprint density at radius 1 is 0.825 bits per heavy atom. The molecule has 2 aliphatic heterocycles. The van der Waals surface area contributed by atoms with Crippen LogP contribution in [-0.2, 0) is 14.4 Å². The summed E-state index contributed by atoms with van der Waals surface area (Å²) in [6.45, 7) is 3.87. The minimum atomic E-state index is -0.882. The summed E-state index contributed by atoms with van der Waals surface area (Å²) in [5.74, 6) is -2.88. The Labute approximate surface area is 231 Å². The average molecular weight is 530 g/mol. The first-order valence-corrected chi connectivity index (χ1v) is 13.4. The lowest BCUT2D eigenvalue weighted by molar-refractivity contribution is -0.142.